The Balaban J connectivity index is 1.64. The molecule has 0 bridgehead atoms. The standard InChI is InChI=1S/C17H27BrN2/c1-20(14-15-8-10-16(18)11-9-15)13-12-19-17-6-4-2-3-5-7-17/h8-11,17,19H,2-7,12-14H2,1H3. The van der Waals surface area contributed by atoms with Gasteiger partial charge in [-0.2, -0.15) is 0 Å². The predicted molar refractivity (Wildman–Crippen MR) is 90.0 cm³/mol. The van der Waals surface area contributed by atoms with Gasteiger partial charge in [-0.1, -0.05) is 53.7 Å². The predicted octanol–water partition coefficient (Wildman–Crippen LogP) is 4.19. The van der Waals surface area contributed by atoms with Crippen molar-refractivity contribution >= 4 is 15.9 Å². The van der Waals surface area contributed by atoms with Crippen molar-refractivity contribution in [3.8, 4) is 0 Å². The minimum atomic E-state index is 0.763. The summed E-state index contributed by atoms with van der Waals surface area (Å²) in [5.41, 5.74) is 1.38. The maximum atomic E-state index is 3.74. The first kappa shape index (κ1) is 16.0. The zero-order chi connectivity index (χ0) is 14.2. The highest BCUT2D eigenvalue weighted by atomic mass is 79.9. The van der Waals surface area contributed by atoms with E-state index >= 15 is 0 Å². The molecule has 1 aliphatic carbocycles. The third-order valence-electron chi connectivity index (χ3n) is 4.15. The second kappa shape index (κ2) is 8.81. The minimum absolute atomic E-state index is 0.763. The summed E-state index contributed by atoms with van der Waals surface area (Å²) in [6, 6.07) is 9.39. The van der Waals surface area contributed by atoms with Crippen molar-refractivity contribution in [3.05, 3.63) is 34.3 Å². The van der Waals surface area contributed by atoms with Gasteiger partial charge in [0.05, 0.1) is 0 Å². The maximum absolute atomic E-state index is 3.74. The first-order chi connectivity index (χ1) is 9.74. The number of hydrogen-bond acceptors (Lipinski definition) is 2. The third kappa shape index (κ3) is 5.94. The molecule has 0 saturated heterocycles. The van der Waals surface area contributed by atoms with E-state index in [1.807, 2.05) is 0 Å². The Labute approximate surface area is 132 Å². The van der Waals surface area contributed by atoms with Crippen LogP contribution in [0.3, 0.4) is 0 Å². The number of nitrogens with one attached hydrogen (secondary N) is 1. The van der Waals surface area contributed by atoms with Crippen LogP contribution < -0.4 is 5.32 Å². The van der Waals surface area contributed by atoms with E-state index in [1.54, 1.807) is 0 Å². The lowest BCUT2D eigenvalue weighted by Crippen LogP contribution is -2.35. The zero-order valence-corrected chi connectivity index (χ0v) is 14.2. The Morgan fingerprint density at radius 3 is 2.40 bits per heavy atom. The summed E-state index contributed by atoms with van der Waals surface area (Å²) in [6.07, 6.45) is 8.43. The van der Waals surface area contributed by atoms with Gasteiger partial charge in [0.2, 0.25) is 0 Å². The van der Waals surface area contributed by atoms with Crippen LogP contribution in [-0.4, -0.2) is 31.1 Å². The Bertz CT molecular complexity index is 369. The molecule has 0 aliphatic heterocycles. The molecule has 1 N–H and O–H groups in total. The lowest BCUT2D eigenvalue weighted by Gasteiger charge is -2.20. The van der Waals surface area contributed by atoms with Gasteiger partial charge in [0.15, 0.2) is 0 Å². The smallest absolute Gasteiger partial charge is 0.0231 e. The van der Waals surface area contributed by atoms with E-state index < -0.39 is 0 Å². The van der Waals surface area contributed by atoms with E-state index in [0.717, 1.165) is 30.1 Å². The first-order valence-electron chi connectivity index (χ1n) is 7.90. The fourth-order valence-corrected chi connectivity index (χ4v) is 3.19. The number of rotatable bonds is 6. The van der Waals surface area contributed by atoms with Crippen molar-refractivity contribution in [2.24, 2.45) is 0 Å². The molecule has 0 amide bonds. The second-order valence-corrected chi connectivity index (χ2v) is 6.92. The Kier molecular flexibility index (Phi) is 7.05. The van der Waals surface area contributed by atoms with Crippen molar-refractivity contribution in [3.63, 3.8) is 0 Å². The molecule has 1 fully saturated rings. The topological polar surface area (TPSA) is 15.3 Å². The van der Waals surface area contributed by atoms with E-state index in [9.17, 15) is 0 Å². The highest BCUT2D eigenvalue weighted by molar-refractivity contribution is 9.10. The summed E-state index contributed by atoms with van der Waals surface area (Å²) in [7, 11) is 2.21. The van der Waals surface area contributed by atoms with Gasteiger partial charge in [0.1, 0.15) is 0 Å². The molecule has 1 aromatic carbocycles. The molecular formula is C17H27BrN2. The van der Waals surface area contributed by atoms with Gasteiger partial charge < -0.3 is 10.2 Å². The van der Waals surface area contributed by atoms with E-state index in [0.29, 0.717) is 0 Å². The zero-order valence-electron chi connectivity index (χ0n) is 12.6. The summed E-state index contributed by atoms with van der Waals surface area (Å²) >= 11 is 3.48. The van der Waals surface area contributed by atoms with Crippen molar-refractivity contribution in [2.75, 3.05) is 20.1 Å². The highest BCUT2D eigenvalue weighted by Crippen LogP contribution is 2.17. The van der Waals surface area contributed by atoms with E-state index in [-0.39, 0.29) is 0 Å². The molecule has 0 radical (unpaired) electrons. The number of likely N-dealkylation sites (N-methyl/N-ethyl adjacent to an activating group) is 1. The summed E-state index contributed by atoms with van der Waals surface area (Å²) in [6.45, 7) is 3.25. The third-order valence-corrected chi connectivity index (χ3v) is 4.68. The van der Waals surface area contributed by atoms with Gasteiger partial charge >= 0.3 is 0 Å². The number of nitrogens with zero attached hydrogens (tertiary/aromatic N) is 1. The summed E-state index contributed by atoms with van der Waals surface area (Å²) in [4.78, 5) is 2.40. The molecule has 20 heavy (non-hydrogen) atoms. The molecule has 1 aromatic rings. The maximum Gasteiger partial charge on any atom is 0.0231 e. The Morgan fingerprint density at radius 1 is 1.10 bits per heavy atom. The monoisotopic (exact) mass is 338 g/mol. The van der Waals surface area contributed by atoms with Gasteiger partial charge in [-0.15, -0.1) is 0 Å². The lowest BCUT2D eigenvalue weighted by atomic mass is 10.1. The summed E-state index contributed by atoms with van der Waals surface area (Å²) in [5, 5.41) is 3.74. The molecule has 0 spiro atoms. The fraction of sp³-hybridized carbons (Fsp3) is 0.647. The second-order valence-electron chi connectivity index (χ2n) is 6.01. The van der Waals surface area contributed by atoms with Gasteiger partial charge in [-0.3, -0.25) is 0 Å². The average Bonchev–Trinajstić information content (AvgIpc) is 2.70. The Morgan fingerprint density at radius 2 is 1.75 bits per heavy atom. The van der Waals surface area contributed by atoms with Crippen molar-refractivity contribution in [1.29, 1.82) is 0 Å². The van der Waals surface area contributed by atoms with Gasteiger partial charge in [-0.05, 0) is 37.6 Å². The van der Waals surface area contributed by atoms with Crippen LogP contribution >= 0.6 is 15.9 Å². The average molecular weight is 339 g/mol. The van der Waals surface area contributed by atoms with Crippen molar-refractivity contribution < 1.29 is 0 Å². The molecule has 1 saturated carbocycles. The molecule has 0 aromatic heterocycles. The number of halogens is 1. The summed E-state index contributed by atoms with van der Waals surface area (Å²) < 4.78 is 1.15. The Hall–Kier alpha value is -0.380. The quantitative estimate of drug-likeness (QED) is 0.782. The van der Waals surface area contributed by atoms with Crippen LogP contribution in [0.2, 0.25) is 0 Å². The summed E-state index contributed by atoms with van der Waals surface area (Å²) in [5.74, 6) is 0. The molecule has 0 heterocycles. The van der Waals surface area contributed by atoms with Crippen LogP contribution in [0.5, 0.6) is 0 Å². The molecule has 0 unspecified atom stereocenters. The van der Waals surface area contributed by atoms with Crippen LogP contribution in [0, 0.1) is 0 Å². The van der Waals surface area contributed by atoms with Crippen LogP contribution in [-0.2, 0) is 6.54 Å². The molecular weight excluding hydrogens is 312 g/mol. The van der Waals surface area contributed by atoms with E-state index in [1.165, 1.54) is 44.1 Å². The molecule has 0 atom stereocenters. The largest absolute Gasteiger partial charge is 0.313 e. The van der Waals surface area contributed by atoms with Crippen LogP contribution in [0.4, 0.5) is 0 Å². The number of hydrogen-bond donors (Lipinski definition) is 1. The normalized spacial score (nSPS) is 17.4. The highest BCUT2D eigenvalue weighted by Gasteiger charge is 2.11. The van der Waals surface area contributed by atoms with Crippen LogP contribution in [0.1, 0.15) is 44.1 Å². The lowest BCUT2D eigenvalue weighted by molar-refractivity contribution is 0.312. The first-order valence-corrected chi connectivity index (χ1v) is 8.70. The van der Waals surface area contributed by atoms with Crippen LogP contribution in [0.25, 0.3) is 0 Å². The molecule has 3 heteroatoms. The minimum Gasteiger partial charge on any atom is -0.313 e. The fourth-order valence-electron chi connectivity index (χ4n) is 2.92. The van der Waals surface area contributed by atoms with Crippen LogP contribution in [0.15, 0.2) is 28.7 Å². The van der Waals surface area contributed by atoms with E-state index in [2.05, 4.69) is 57.5 Å². The van der Waals surface area contributed by atoms with E-state index in [4.69, 9.17) is 0 Å². The van der Waals surface area contributed by atoms with Crippen molar-refractivity contribution in [2.45, 2.75) is 51.1 Å². The molecule has 112 valence electrons. The van der Waals surface area contributed by atoms with Gasteiger partial charge in [-0.25, -0.2) is 0 Å². The number of benzene rings is 1. The van der Waals surface area contributed by atoms with Gasteiger partial charge in [0.25, 0.3) is 0 Å². The molecule has 2 rings (SSSR count). The molecule has 2 nitrogen and oxygen atoms in total. The van der Waals surface area contributed by atoms with Gasteiger partial charge in [0, 0.05) is 30.1 Å². The SMILES string of the molecule is CN(CCNC1CCCCCC1)Cc1ccc(Br)cc1. The molecule has 1 aliphatic rings. The van der Waals surface area contributed by atoms with Crippen molar-refractivity contribution in [1.82, 2.24) is 10.2 Å².